The number of hydrogen-bond donors (Lipinski definition) is 2. The molecule has 0 unspecified atom stereocenters. The summed E-state index contributed by atoms with van der Waals surface area (Å²) in [6.07, 6.45) is 17.4. The molecule has 4 nitrogen and oxygen atoms in total. The molecule has 1 amide bonds. The van der Waals surface area contributed by atoms with Crippen molar-refractivity contribution in [2.75, 3.05) is 17.2 Å². The lowest BCUT2D eigenvalue weighted by molar-refractivity contribution is -0.112. The summed E-state index contributed by atoms with van der Waals surface area (Å²) in [5.74, 6) is -0.420. The Labute approximate surface area is 211 Å². The summed E-state index contributed by atoms with van der Waals surface area (Å²) in [6.45, 7) is 5.96. The highest BCUT2D eigenvalue weighted by Gasteiger charge is 2.20. The Bertz CT molecular complexity index is 1250. The minimum Gasteiger partial charge on any atom is -0.491 e. The number of carbonyl (C=O) groups is 1. The van der Waals surface area contributed by atoms with Gasteiger partial charge in [0.15, 0.2) is 0 Å². The van der Waals surface area contributed by atoms with Crippen molar-refractivity contribution in [3.8, 4) is 12.8 Å². The molecule has 2 aromatic rings. The van der Waals surface area contributed by atoms with E-state index in [1.807, 2.05) is 39.0 Å². The highest BCUT2D eigenvalue weighted by atomic mass is 19.1. The molecular weight excluding hydrogens is 458 g/mol. The number of halogens is 2. The second kappa shape index (κ2) is 14.1. The van der Waals surface area contributed by atoms with E-state index in [9.17, 15) is 13.6 Å². The molecule has 1 aliphatic rings. The summed E-state index contributed by atoms with van der Waals surface area (Å²) in [6, 6.07) is 12.2. The Balaban J connectivity index is 0.00000222. The fourth-order valence-corrected chi connectivity index (χ4v) is 3.27. The molecule has 0 heterocycles. The standard InChI is InChI=1S/C28H28F2N2O2.C2H2/c1-4-5-9-20-16-23(14-15-24(20)28(33)31-22-11-8-10-21(29)17-22)34-18-27(19(2)3)32-26-13-7-6-12-25(26)30;1-2/h4-15,17,32H,16,18H2,1-3H3,(H,31,33);1-2H/b5-4-,20-9+;. The van der Waals surface area contributed by atoms with Crippen molar-refractivity contribution in [1.82, 2.24) is 0 Å². The van der Waals surface area contributed by atoms with Gasteiger partial charge < -0.3 is 15.4 Å². The number of hydrogen-bond acceptors (Lipinski definition) is 3. The number of terminal acetylenes is 1. The lowest BCUT2D eigenvalue weighted by Gasteiger charge is -2.21. The van der Waals surface area contributed by atoms with Crippen LogP contribution in [0.3, 0.4) is 0 Å². The largest absolute Gasteiger partial charge is 0.491 e. The molecule has 0 fully saturated rings. The van der Waals surface area contributed by atoms with E-state index in [2.05, 4.69) is 23.5 Å². The SMILES string of the molecule is C#C.C/C=C\C=C1/CC(OCC(Nc2ccccc2F)=C(C)C)=CC=C1C(=O)Nc1cccc(F)c1. The van der Waals surface area contributed by atoms with Gasteiger partial charge in [-0.1, -0.05) is 42.0 Å². The van der Waals surface area contributed by atoms with Gasteiger partial charge in [0.25, 0.3) is 5.91 Å². The number of allylic oxidation sites excluding steroid dienone is 7. The zero-order valence-corrected chi connectivity index (χ0v) is 20.6. The smallest absolute Gasteiger partial charge is 0.255 e. The van der Waals surface area contributed by atoms with Gasteiger partial charge in [-0.3, -0.25) is 4.79 Å². The average Bonchev–Trinajstić information content (AvgIpc) is 2.87. The molecule has 0 saturated heterocycles. The first kappa shape index (κ1) is 27.9. The number of para-hydroxylation sites is 1. The van der Waals surface area contributed by atoms with Crippen LogP contribution in [0.25, 0.3) is 0 Å². The number of rotatable bonds is 8. The minimum absolute atomic E-state index is 0.220. The van der Waals surface area contributed by atoms with Crippen LogP contribution in [0.1, 0.15) is 27.2 Å². The van der Waals surface area contributed by atoms with E-state index < -0.39 is 5.82 Å². The van der Waals surface area contributed by atoms with E-state index >= 15 is 0 Å². The lowest BCUT2D eigenvalue weighted by Crippen LogP contribution is -2.18. The third-order valence-corrected chi connectivity index (χ3v) is 5.13. The maximum Gasteiger partial charge on any atom is 0.255 e. The van der Waals surface area contributed by atoms with Crippen LogP contribution < -0.4 is 10.6 Å². The molecule has 0 aliphatic heterocycles. The Morgan fingerprint density at radius 1 is 1.06 bits per heavy atom. The van der Waals surface area contributed by atoms with E-state index in [1.165, 1.54) is 18.2 Å². The summed E-state index contributed by atoms with van der Waals surface area (Å²) in [5, 5.41) is 5.84. The van der Waals surface area contributed by atoms with Crippen LogP contribution in [0.2, 0.25) is 0 Å². The molecule has 0 bridgehead atoms. The van der Waals surface area contributed by atoms with Gasteiger partial charge in [0.1, 0.15) is 24.0 Å². The molecule has 0 aromatic heterocycles. The van der Waals surface area contributed by atoms with Crippen LogP contribution in [-0.4, -0.2) is 12.5 Å². The minimum atomic E-state index is -0.422. The average molecular weight is 489 g/mol. The highest BCUT2D eigenvalue weighted by Crippen LogP contribution is 2.28. The molecule has 0 radical (unpaired) electrons. The van der Waals surface area contributed by atoms with Crippen LogP contribution in [-0.2, 0) is 9.53 Å². The van der Waals surface area contributed by atoms with Gasteiger partial charge in [0.05, 0.1) is 11.4 Å². The quantitative estimate of drug-likeness (QED) is 0.384. The monoisotopic (exact) mass is 488 g/mol. The molecule has 0 saturated carbocycles. The Morgan fingerprint density at radius 2 is 1.81 bits per heavy atom. The van der Waals surface area contributed by atoms with Gasteiger partial charge in [-0.05, 0) is 68.8 Å². The number of amides is 1. The topological polar surface area (TPSA) is 50.4 Å². The molecular formula is C30H30F2N2O2. The van der Waals surface area contributed by atoms with Gasteiger partial charge in [-0.2, -0.15) is 0 Å². The third-order valence-electron chi connectivity index (χ3n) is 5.13. The van der Waals surface area contributed by atoms with Crippen molar-refractivity contribution < 1.29 is 18.3 Å². The molecule has 36 heavy (non-hydrogen) atoms. The summed E-state index contributed by atoms with van der Waals surface area (Å²) in [5.41, 5.74) is 3.73. The van der Waals surface area contributed by atoms with Gasteiger partial charge >= 0.3 is 0 Å². The second-order valence-corrected chi connectivity index (χ2v) is 7.94. The third kappa shape index (κ3) is 8.14. The normalized spacial score (nSPS) is 13.7. The van der Waals surface area contributed by atoms with E-state index in [0.717, 1.165) is 16.8 Å². The number of nitrogens with one attached hydrogen (secondary N) is 2. The Kier molecular flexibility index (Phi) is 10.9. The van der Waals surface area contributed by atoms with Gasteiger partial charge in [-0.25, -0.2) is 8.78 Å². The van der Waals surface area contributed by atoms with Crippen molar-refractivity contribution in [3.63, 3.8) is 0 Å². The van der Waals surface area contributed by atoms with Crippen LogP contribution in [0.4, 0.5) is 20.2 Å². The Morgan fingerprint density at radius 3 is 2.47 bits per heavy atom. The predicted octanol–water partition coefficient (Wildman–Crippen LogP) is 7.29. The predicted molar refractivity (Wildman–Crippen MR) is 143 cm³/mol. The fraction of sp³-hybridized carbons (Fsp3) is 0.167. The maximum absolute atomic E-state index is 14.1. The molecule has 0 atom stereocenters. The van der Waals surface area contributed by atoms with Crippen molar-refractivity contribution in [2.45, 2.75) is 27.2 Å². The molecule has 2 N–H and O–H groups in total. The Hall–Kier alpha value is -4.37. The van der Waals surface area contributed by atoms with Crippen molar-refractivity contribution in [3.05, 3.63) is 119 Å². The van der Waals surface area contributed by atoms with Crippen molar-refractivity contribution >= 4 is 17.3 Å². The van der Waals surface area contributed by atoms with E-state index in [-0.39, 0.29) is 18.3 Å². The van der Waals surface area contributed by atoms with Crippen LogP contribution in [0, 0.1) is 24.5 Å². The van der Waals surface area contributed by atoms with E-state index in [0.29, 0.717) is 29.1 Å². The number of benzene rings is 2. The first-order valence-corrected chi connectivity index (χ1v) is 11.3. The van der Waals surface area contributed by atoms with Gasteiger partial charge in [0.2, 0.25) is 0 Å². The summed E-state index contributed by atoms with van der Waals surface area (Å²) < 4.78 is 33.6. The van der Waals surface area contributed by atoms with Crippen LogP contribution in [0.15, 0.2) is 107 Å². The van der Waals surface area contributed by atoms with Gasteiger partial charge in [0, 0.05) is 17.7 Å². The summed E-state index contributed by atoms with van der Waals surface area (Å²) >= 11 is 0. The number of anilines is 2. The number of ether oxygens (including phenoxy) is 1. The lowest BCUT2D eigenvalue weighted by atomic mass is 9.95. The molecule has 3 rings (SSSR count). The summed E-state index contributed by atoms with van der Waals surface area (Å²) in [4.78, 5) is 12.9. The van der Waals surface area contributed by atoms with Crippen LogP contribution in [0.5, 0.6) is 0 Å². The van der Waals surface area contributed by atoms with Crippen molar-refractivity contribution in [1.29, 1.82) is 0 Å². The van der Waals surface area contributed by atoms with Crippen molar-refractivity contribution in [2.24, 2.45) is 0 Å². The van der Waals surface area contributed by atoms with E-state index in [1.54, 1.807) is 42.5 Å². The highest BCUT2D eigenvalue weighted by molar-refractivity contribution is 6.07. The molecule has 6 heteroatoms. The van der Waals surface area contributed by atoms with Crippen LogP contribution >= 0.6 is 0 Å². The zero-order chi connectivity index (χ0) is 26.5. The second-order valence-electron chi connectivity index (χ2n) is 7.94. The molecule has 0 spiro atoms. The number of carbonyl (C=O) groups excluding carboxylic acids is 1. The summed E-state index contributed by atoms with van der Waals surface area (Å²) in [7, 11) is 0. The maximum atomic E-state index is 14.1. The van der Waals surface area contributed by atoms with Gasteiger partial charge in [-0.15, -0.1) is 12.8 Å². The first-order chi connectivity index (χ1) is 17.4. The molecule has 186 valence electrons. The molecule has 2 aromatic carbocycles. The zero-order valence-electron chi connectivity index (χ0n) is 20.6. The first-order valence-electron chi connectivity index (χ1n) is 11.3. The van der Waals surface area contributed by atoms with E-state index in [4.69, 9.17) is 4.74 Å². The molecule has 1 aliphatic carbocycles. The fourth-order valence-electron chi connectivity index (χ4n) is 3.27.